The van der Waals surface area contributed by atoms with Crippen LogP contribution in [0.5, 0.6) is 5.75 Å². The number of nitrogens with zero attached hydrogens (tertiary/aromatic N) is 2. The molecule has 0 N–H and O–H groups in total. The molecule has 2 amide bonds. The number of amides is 2. The standard InChI is InChI=1S/C25H21ClN2O4/c1-25-21(16-11-13-20(31-2)14-12-16)28(18-8-4-3-5-9-18)32-22(25)23(29)27(24(25)30)19-10-6-7-17(26)15-19/h3-15,21-22H,1-2H3. The van der Waals surface area contributed by atoms with Crippen LogP contribution in [0.1, 0.15) is 18.5 Å². The smallest absolute Gasteiger partial charge is 0.266 e. The summed E-state index contributed by atoms with van der Waals surface area (Å²) >= 11 is 6.13. The van der Waals surface area contributed by atoms with E-state index in [1.807, 2.05) is 54.6 Å². The highest BCUT2D eigenvalue weighted by Crippen LogP contribution is 2.55. The van der Waals surface area contributed by atoms with E-state index in [2.05, 4.69) is 0 Å². The molecule has 2 aliphatic heterocycles. The summed E-state index contributed by atoms with van der Waals surface area (Å²) in [4.78, 5) is 34.7. The Balaban J connectivity index is 1.63. The van der Waals surface area contributed by atoms with Crippen molar-refractivity contribution in [2.24, 2.45) is 5.41 Å². The second kappa shape index (κ2) is 7.65. The van der Waals surface area contributed by atoms with Crippen LogP contribution in [0.25, 0.3) is 0 Å². The summed E-state index contributed by atoms with van der Waals surface area (Å²) in [6.45, 7) is 1.79. The van der Waals surface area contributed by atoms with E-state index in [9.17, 15) is 9.59 Å². The molecule has 2 fully saturated rings. The SMILES string of the molecule is COc1ccc(C2N(c3ccccc3)OC3C(=O)N(c4cccc(Cl)c4)C(=O)C32C)cc1. The fourth-order valence-corrected chi connectivity index (χ4v) is 4.76. The van der Waals surface area contributed by atoms with Gasteiger partial charge in [0, 0.05) is 5.02 Å². The second-order valence-electron chi connectivity index (χ2n) is 8.06. The zero-order valence-electron chi connectivity index (χ0n) is 17.6. The number of hydrogen-bond acceptors (Lipinski definition) is 5. The molecule has 2 heterocycles. The molecular formula is C25H21ClN2O4. The van der Waals surface area contributed by atoms with Gasteiger partial charge in [-0.3, -0.25) is 14.4 Å². The van der Waals surface area contributed by atoms with Gasteiger partial charge in [-0.2, -0.15) is 0 Å². The van der Waals surface area contributed by atoms with Crippen LogP contribution < -0.4 is 14.7 Å². The number of para-hydroxylation sites is 1. The molecular weight excluding hydrogens is 428 g/mol. The van der Waals surface area contributed by atoms with Gasteiger partial charge in [-0.15, -0.1) is 0 Å². The molecule has 7 heteroatoms. The van der Waals surface area contributed by atoms with Crippen molar-refractivity contribution in [2.75, 3.05) is 17.1 Å². The first-order chi connectivity index (χ1) is 15.4. The average Bonchev–Trinajstić information content (AvgIpc) is 3.22. The summed E-state index contributed by atoms with van der Waals surface area (Å²) in [5.74, 6) is -0.0271. The summed E-state index contributed by atoms with van der Waals surface area (Å²) in [7, 11) is 1.60. The molecule has 3 aromatic rings. The fourth-order valence-electron chi connectivity index (χ4n) is 4.57. The first-order valence-electron chi connectivity index (χ1n) is 10.2. The van der Waals surface area contributed by atoms with E-state index < -0.39 is 23.5 Å². The third-order valence-corrected chi connectivity index (χ3v) is 6.42. The molecule has 5 rings (SSSR count). The maximum absolute atomic E-state index is 13.8. The van der Waals surface area contributed by atoms with Crippen molar-refractivity contribution >= 4 is 34.8 Å². The molecule has 2 saturated heterocycles. The van der Waals surface area contributed by atoms with E-state index in [0.717, 1.165) is 11.3 Å². The first kappa shape index (κ1) is 20.5. The van der Waals surface area contributed by atoms with E-state index in [4.69, 9.17) is 21.2 Å². The van der Waals surface area contributed by atoms with Crippen molar-refractivity contribution in [1.82, 2.24) is 0 Å². The van der Waals surface area contributed by atoms with Crippen LogP contribution in [-0.4, -0.2) is 25.0 Å². The third kappa shape index (κ3) is 2.98. The summed E-state index contributed by atoms with van der Waals surface area (Å²) in [5.41, 5.74) is 0.892. The minimum absolute atomic E-state index is 0.325. The van der Waals surface area contributed by atoms with Gasteiger partial charge in [-0.1, -0.05) is 48.0 Å². The van der Waals surface area contributed by atoms with Crippen LogP contribution in [0.2, 0.25) is 5.02 Å². The van der Waals surface area contributed by atoms with Gasteiger partial charge in [0.05, 0.1) is 24.5 Å². The van der Waals surface area contributed by atoms with E-state index in [1.54, 1.807) is 43.4 Å². The number of rotatable bonds is 4. The Hall–Kier alpha value is -3.35. The average molecular weight is 449 g/mol. The Morgan fingerprint density at radius 3 is 2.28 bits per heavy atom. The molecule has 3 atom stereocenters. The number of benzene rings is 3. The number of hydroxylamine groups is 1. The molecule has 0 aliphatic carbocycles. The predicted octanol–water partition coefficient (Wildman–Crippen LogP) is 4.79. The fraction of sp³-hybridized carbons (Fsp3) is 0.200. The Kier molecular flexibility index (Phi) is 4.92. The highest BCUT2D eigenvalue weighted by Gasteiger charge is 2.68. The molecule has 162 valence electrons. The molecule has 0 aromatic heterocycles. The van der Waals surface area contributed by atoms with Crippen molar-refractivity contribution in [1.29, 1.82) is 0 Å². The molecule has 0 radical (unpaired) electrons. The molecule has 0 spiro atoms. The number of halogens is 1. The maximum atomic E-state index is 13.8. The number of methoxy groups -OCH3 is 1. The lowest BCUT2D eigenvalue weighted by Crippen LogP contribution is -2.41. The molecule has 0 saturated carbocycles. The molecule has 6 nitrogen and oxygen atoms in total. The zero-order chi connectivity index (χ0) is 22.5. The topological polar surface area (TPSA) is 59.1 Å². The zero-order valence-corrected chi connectivity index (χ0v) is 18.3. The summed E-state index contributed by atoms with van der Waals surface area (Å²) in [5, 5.41) is 2.13. The lowest BCUT2D eigenvalue weighted by Gasteiger charge is -2.32. The number of fused-ring (bicyclic) bond motifs is 1. The van der Waals surface area contributed by atoms with Gasteiger partial charge in [0.25, 0.3) is 5.91 Å². The highest BCUT2D eigenvalue weighted by molar-refractivity contribution is 6.31. The Labute approximate surface area is 190 Å². The van der Waals surface area contributed by atoms with Crippen LogP contribution >= 0.6 is 11.6 Å². The van der Waals surface area contributed by atoms with E-state index in [-0.39, 0.29) is 5.91 Å². The van der Waals surface area contributed by atoms with Crippen molar-refractivity contribution in [3.05, 3.63) is 89.4 Å². The van der Waals surface area contributed by atoms with Crippen LogP contribution in [-0.2, 0) is 14.4 Å². The predicted molar refractivity (Wildman–Crippen MR) is 122 cm³/mol. The monoisotopic (exact) mass is 448 g/mol. The molecule has 3 aromatic carbocycles. The van der Waals surface area contributed by atoms with Gasteiger partial charge >= 0.3 is 0 Å². The summed E-state index contributed by atoms with van der Waals surface area (Å²) < 4.78 is 5.29. The van der Waals surface area contributed by atoms with Crippen LogP contribution in [0.4, 0.5) is 11.4 Å². The normalized spacial score (nSPS) is 24.7. The van der Waals surface area contributed by atoms with Crippen molar-refractivity contribution in [3.8, 4) is 5.75 Å². The number of anilines is 2. The Morgan fingerprint density at radius 2 is 1.62 bits per heavy atom. The molecule has 2 aliphatic rings. The minimum Gasteiger partial charge on any atom is -0.497 e. The molecule has 0 bridgehead atoms. The lowest BCUT2D eigenvalue weighted by atomic mass is 9.76. The van der Waals surface area contributed by atoms with Crippen LogP contribution in [0.15, 0.2) is 78.9 Å². The van der Waals surface area contributed by atoms with Gasteiger partial charge in [0.1, 0.15) is 11.2 Å². The Morgan fingerprint density at radius 1 is 0.938 bits per heavy atom. The van der Waals surface area contributed by atoms with Gasteiger partial charge in [-0.05, 0) is 55.0 Å². The summed E-state index contributed by atoms with van der Waals surface area (Å²) in [6.07, 6.45) is -0.971. The minimum atomic E-state index is -1.15. The van der Waals surface area contributed by atoms with E-state index >= 15 is 0 Å². The van der Waals surface area contributed by atoms with E-state index in [1.165, 1.54) is 4.90 Å². The number of hydrogen-bond donors (Lipinski definition) is 0. The van der Waals surface area contributed by atoms with Gasteiger partial charge in [0.15, 0.2) is 6.10 Å². The summed E-state index contributed by atoms with van der Waals surface area (Å²) in [6, 6.07) is 23.1. The third-order valence-electron chi connectivity index (χ3n) is 6.18. The molecule has 3 unspecified atom stereocenters. The van der Waals surface area contributed by atoms with Crippen LogP contribution in [0.3, 0.4) is 0 Å². The van der Waals surface area contributed by atoms with Gasteiger partial charge in [0.2, 0.25) is 5.91 Å². The van der Waals surface area contributed by atoms with Crippen molar-refractivity contribution in [2.45, 2.75) is 19.1 Å². The quantitative estimate of drug-likeness (QED) is 0.537. The number of carbonyl (C=O) groups is 2. The highest BCUT2D eigenvalue weighted by atomic mass is 35.5. The molecule has 32 heavy (non-hydrogen) atoms. The van der Waals surface area contributed by atoms with Crippen molar-refractivity contribution < 1.29 is 19.2 Å². The second-order valence-corrected chi connectivity index (χ2v) is 8.50. The number of imide groups is 1. The van der Waals surface area contributed by atoms with Crippen molar-refractivity contribution in [3.63, 3.8) is 0 Å². The Bertz CT molecular complexity index is 1180. The largest absolute Gasteiger partial charge is 0.497 e. The van der Waals surface area contributed by atoms with Gasteiger partial charge in [-0.25, -0.2) is 9.96 Å². The van der Waals surface area contributed by atoms with E-state index in [0.29, 0.717) is 16.5 Å². The van der Waals surface area contributed by atoms with Gasteiger partial charge < -0.3 is 4.74 Å². The first-order valence-corrected chi connectivity index (χ1v) is 10.6. The maximum Gasteiger partial charge on any atom is 0.266 e. The number of ether oxygens (including phenoxy) is 1. The lowest BCUT2D eigenvalue weighted by molar-refractivity contribution is -0.128. The number of carbonyl (C=O) groups excluding carboxylic acids is 2. The van der Waals surface area contributed by atoms with Crippen LogP contribution in [0, 0.1) is 5.41 Å².